The third-order valence-electron chi connectivity index (χ3n) is 3.76. The predicted octanol–water partition coefficient (Wildman–Crippen LogP) is 6.75. The van der Waals surface area contributed by atoms with Gasteiger partial charge in [0.15, 0.2) is 5.78 Å². The molecule has 0 aromatic heterocycles. The van der Waals surface area contributed by atoms with Crippen LogP contribution in [-0.2, 0) is 12.6 Å². The molecule has 0 fully saturated rings. The fourth-order valence-electron chi connectivity index (χ4n) is 2.36. The van der Waals surface area contributed by atoms with E-state index in [9.17, 15) is 31.1 Å². The summed E-state index contributed by atoms with van der Waals surface area (Å²) < 4.78 is 78.9. The molecule has 0 heterocycles. The summed E-state index contributed by atoms with van der Waals surface area (Å²) in [6.07, 6.45) is -8.96. The van der Waals surface area contributed by atoms with Crippen LogP contribution in [0.25, 0.3) is 5.57 Å². The van der Waals surface area contributed by atoms with E-state index in [-0.39, 0.29) is 11.6 Å². The van der Waals surface area contributed by atoms with E-state index in [1.54, 1.807) is 12.1 Å². The monoisotopic (exact) mass is 406 g/mol. The Kier molecular flexibility index (Phi) is 6.04. The normalized spacial score (nSPS) is 13.0. The molecular formula is C19H13ClF6O. The van der Waals surface area contributed by atoms with Crippen molar-refractivity contribution in [2.45, 2.75) is 25.7 Å². The Labute approximate surface area is 156 Å². The van der Waals surface area contributed by atoms with E-state index in [4.69, 9.17) is 11.6 Å². The molecule has 27 heavy (non-hydrogen) atoms. The van der Waals surface area contributed by atoms with Crippen LogP contribution in [0, 0.1) is 0 Å². The van der Waals surface area contributed by atoms with Crippen LogP contribution in [0.1, 0.15) is 34.0 Å². The number of aryl methyl sites for hydroxylation is 1. The molecule has 2 aromatic carbocycles. The van der Waals surface area contributed by atoms with E-state index in [0.717, 1.165) is 11.6 Å². The summed E-state index contributed by atoms with van der Waals surface area (Å²) in [7, 11) is 0. The number of allylic oxidation sites excluding steroid dienone is 2. The lowest BCUT2D eigenvalue weighted by atomic mass is 9.99. The minimum absolute atomic E-state index is 0.00739. The van der Waals surface area contributed by atoms with Crippen molar-refractivity contribution in [3.05, 3.63) is 75.8 Å². The van der Waals surface area contributed by atoms with Crippen molar-refractivity contribution in [2.75, 3.05) is 0 Å². The maximum absolute atomic E-state index is 13.4. The number of ketones is 1. The van der Waals surface area contributed by atoms with Gasteiger partial charge in [0.25, 0.3) is 0 Å². The second-order valence-electron chi connectivity index (χ2n) is 5.70. The van der Waals surface area contributed by atoms with E-state index in [1.807, 2.05) is 6.92 Å². The Morgan fingerprint density at radius 2 is 1.56 bits per heavy atom. The van der Waals surface area contributed by atoms with Crippen molar-refractivity contribution >= 4 is 23.0 Å². The van der Waals surface area contributed by atoms with E-state index < -0.39 is 39.9 Å². The number of hydrogen-bond donors (Lipinski definition) is 0. The molecule has 8 heteroatoms. The molecule has 1 nitrogen and oxygen atoms in total. The molecule has 0 saturated heterocycles. The molecule has 2 rings (SSSR count). The summed E-state index contributed by atoms with van der Waals surface area (Å²) in [6, 6.07) is 7.49. The highest BCUT2D eigenvalue weighted by Gasteiger charge is 2.38. The van der Waals surface area contributed by atoms with Crippen molar-refractivity contribution < 1.29 is 31.1 Å². The van der Waals surface area contributed by atoms with Crippen LogP contribution in [0.4, 0.5) is 26.3 Å². The van der Waals surface area contributed by atoms with Crippen LogP contribution in [-0.4, -0.2) is 12.0 Å². The number of carbonyl (C=O) groups excluding carboxylic acids is 1. The minimum Gasteiger partial charge on any atom is -0.289 e. The number of halogens is 7. The van der Waals surface area contributed by atoms with Crippen molar-refractivity contribution in [3.8, 4) is 0 Å². The number of alkyl halides is 6. The Bertz CT molecular complexity index is 863. The van der Waals surface area contributed by atoms with Crippen molar-refractivity contribution in [2.24, 2.45) is 0 Å². The average Bonchev–Trinajstić information content (AvgIpc) is 2.57. The van der Waals surface area contributed by atoms with Crippen LogP contribution >= 0.6 is 11.6 Å². The summed E-state index contributed by atoms with van der Waals surface area (Å²) in [5.41, 5.74) is -2.79. The Hall–Kier alpha value is -2.28. The average molecular weight is 407 g/mol. The fourth-order valence-corrected chi connectivity index (χ4v) is 2.59. The molecule has 0 aliphatic heterocycles. The van der Waals surface area contributed by atoms with Gasteiger partial charge in [-0.25, -0.2) is 0 Å². The molecule has 0 N–H and O–H groups in total. The zero-order chi connectivity index (χ0) is 20.4. The van der Waals surface area contributed by atoms with Crippen LogP contribution in [0.15, 0.2) is 48.5 Å². The third kappa shape index (κ3) is 5.35. The van der Waals surface area contributed by atoms with Gasteiger partial charge >= 0.3 is 12.4 Å². The molecule has 0 radical (unpaired) electrons. The van der Waals surface area contributed by atoms with Gasteiger partial charge < -0.3 is 0 Å². The van der Waals surface area contributed by atoms with Crippen molar-refractivity contribution in [3.63, 3.8) is 0 Å². The smallest absolute Gasteiger partial charge is 0.289 e. The van der Waals surface area contributed by atoms with Gasteiger partial charge in [-0.1, -0.05) is 42.8 Å². The summed E-state index contributed by atoms with van der Waals surface area (Å²) in [6.45, 7) is 1.87. The molecule has 0 amide bonds. The quantitative estimate of drug-likeness (QED) is 0.312. The van der Waals surface area contributed by atoms with Crippen LogP contribution in [0.3, 0.4) is 0 Å². The van der Waals surface area contributed by atoms with E-state index in [1.165, 1.54) is 12.1 Å². The molecule has 0 atom stereocenters. The molecule has 144 valence electrons. The molecule has 0 aliphatic carbocycles. The number of hydrogen-bond acceptors (Lipinski definition) is 1. The SMILES string of the molecule is CCc1ccc(C(=O)C=C(c2cc(Cl)cc(C(F)(F)F)c2)C(F)(F)F)cc1. The van der Waals surface area contributed by atoms with Crippen molar-refractivity contribution in [1.82, 2.24) is 0 Å². The minimum atomic E-state index is -5.05. The molecule has 0 saturated carbocycles. The highest BCUT2D eigenvalue weighted by molar-refractivity contribution is 6.30. The molecular weight excluding hydrogens is 394 g/mol. The van der Waals surface area contributed by atoms with Gasteiger partial charge in [0, 0.05) is 10.6 Å². The van der Waals surface area contributed by atoms with Crippen molar-refractivity contribution in [1.29, 1.82) is 0 Å². The highest BCUT2D eigenvalue weighted by Crippen LogP contribution is 2.39. The van der Waals surface area contributed by atoms with E-state index in [0.29, 0.717) is 18.6 Å². The predicted molar refractivity (Wildman–Crippen MR) is 90.6 cm³/mol. The molecule has 0 bridgehead atoms. The summed E-state index contributed by atoms with van der Waals surface area (Å²) >= 11 is 5.56. The fraction of sp³-hybridized carbons (Fsp3) is 0.211. The Balaban J connectivity index is 2.54. The molecule has 0 unspecified atom stereocenters. The molecule has 0 spiro atoms. The first-order valence-electron chi connectivity index (χ1n) is 7.72. The number of rotatable bonds is 4. The number of benzene rings is 2. The molecule has 0 aliphatic rings. The second-order valence-corrected chi connectivity index (χ2v) is 6.13. The van der Waals surface area contributed by atoms with Gasteiger partial charge in [-0.05, 0) is 41.8 Å². The largest absolute Gasteiger partial charge is 0.417 e. The van der Waals surface area contributed by atoms with E-state index in [2.05, 4.69) is 0 Å². The standard InChI is InChI=1S/C19H13ClF6O/c1-2-11-3-5-12(6-4-11)17(27)10-16(19(24,25)26)13-7-14(18(21,22)23)9-15(20)8-13/h3-10H,2H2,1H3. The van der Waals surface area contributed by atoms with Gasteiger partial charge in [0.2, 0.25) is 0 Å². The summed E-state index contributed by atoms with van der Waals surface area (Å²) in [4.78, 5) is 12.2. The first-order valence-corrected chi connectivity index (χ1v) is 8.10. The Morgan fingerprint density at radius 3 is 2.04 bits per heavy atom. The van der Waals surface area contributed by atoms with Gasteiger partial charge in [0.05, 0.1) is 11.1 Å². The maximum atomic E-state index is 13.4. The lowest BCUT2D eigenvalue weighted by Crippen LogP contribution is -2.14. The van der Waals surface area contributed by atoms with Crippen LogP contribution in [0.2, 0.25) is 5.02 Å². The van der Waals surface area contributed by atoms with Gasteiger partial charge in [-0.15, -0.1) is 0 Å². The summed E-state index contributed by atoms with van der Waals surface area (Å²) in [5.74, 6) is -0.974. The van der Waals surface area contributed by atoms with E-state index >= 15 is 0 Å². The van der Waals surface area contributed by atoms with Gasteiger partial charge in [-0.3, -0.25) is 4.79 Å². The second kappa shape index (κ2) is 7.76. The van der Waals surface area contributed by atoms with Gasteiger partial charge in [0.1, 0.15) is 0 Å². The highest BCUT2D eigenvalue weighted by atomic mass is 35.5. The summed E-state index contributed by atoms with van der Waals surface area (Å²) in [5, 5.41) is -0.519. The molecule has 2 aromatic rings. The zero-order valence-corrected chi connectivity index (χ0v) is 14.6. The lowest BCUT2D eigenvalue weighted by molar-refractivity contribution is -0.137. The first-order chi connectivity index (χ1) is 12.4. The third-order valence-corrected chi connectivity index (χ3v) is 3.98. The first kappa shape index (κ1) is 21.0. The Morgan fingerprint density at radius 1 is 0.963 bits per heavy atom. The number of carbonyl (C=O) groups is 1. The van der Waals surface area contributed by atoms with Crippen LogP contribution in [0.5, 0.6) is 0 Å². The van der Waals surface area contributed by atoms with Crippen LogP contribution < -0.4 is 0 Å². The topological polar surface area (TPSA) is 17.1 Å². The maximum Gasteiger partial charge on any atom is 0.417 e. The lowest BCUT2D eigenvalue weighted by Gasteiger charge is -2.15. The van der Waals surface area contributed by atoms with Gasteiger partial charge in [-0.2, -0.15) is 26.3 Å². The zero-order valence-electron chi connectivity index (χ0n) is 13.9.